The first-order valence-corrected chi connectivity index (χ1v) is 8.84. The molecule has 24 heavy (non-hydrogen) atoms. The predicted octanol–water partition coefficient (Wildman–Crippen LogP) is 5.95. The smallest absolute Gasteiger partial charge is 0.411 e. The molecule has 3 nitrogen and oxygen atoms in total. The molecule has 2 rings (SSSR count). The number of nitrogens with one attached hydrogen (secondary N) is 1. The van der Waals surface area contributed by atoms with Gasteiger partial charge in [0.2, 0.25) is 0 Å². The maximum Gasteiger partial charge on any atom is 0.411 e. The first-order valence-electron chi connectivity index (χ1n) is 8.84. The quantitative estimate of drug-likeness (QED) is 0.655. The largest absolute Gasteiger partial charge is 0.449 e. The number of allylic oxidation sites excluding steroid dienone is 4. The summed E-state index contributed by atoms with van der Waals surface area (Å²) in [4.78, 5) is 11.9. The fraction of sp³-hybridized carbons (Fsp3) is 0.476. The molecule has 0 saturated carbocycles. The Morgan fingerprint density at radius 3 is 2.71 bits per heavy atom. The molecular weight excluding hydrogens is 298 g/mol. The molecule has 1 amide bonds. The van der Waals surface area contributed by atoms with Crippen LogP contribution >= 0.6 is 0 Å². The average molecular weight is 327 g/mol. The van der Waals surface area contributed by atoms with Crippen LogP contribution in [0.15, 0.2) is 53.6 Å². The molecule has 0 bridgehead atoms. The van der Waals surface area contributed by atoms with Gasteiger partial charge in [0.05, 0.1) is 6.61 Å². The Kier molecular flexibility index (Phi) is 7.10. The van der Waals surface area contributed by atoms with E-state index in [0.29, 0.717) is 18.4 Å². The molecule has 2 atom stereocenters. The number of hydrogen-bond acceptors (Lipinski definition) is 2. The monoisotopic (exact) mass is 327 g/mol. The van der Waals surface area contributed by atoms with Crippen LogP contribution in [0.2, 0.25) is 0 Å². The molecule has 0 unspecified atom stereocenters. The summed E-state index contributed by atoms with van der Waals surface area (Å²) < 4.78 is 5.41. The third-order valence-electron chi connectivity index (χ3n) is 4.56. The van der Waals surface area contributed by atoms with Gasteiger partial charge < -0.3 is 4.74 Å². The molecule has 1 aliphatic carbocycles. The molecular formula is C21H29NO2. The van der Waals surface area contributed by atoms with Crippen molar-refractivity contribution < 1.29 is 9.53 Å². The lowest BCUT2D eigenvalue weighted by atomic mass is 9.80. The van der Waals surface area contributed by atoms with E-state index in [4.69, 9.17) is 4.74 Å². The molecule has 1 aliphatic rings. The van der Waals surface area contributed by atoms with Gasteiger partial charge in [-0.1, -0.05) is 48.4 Å². The van der Waals surface area contributed by atoms with Crippen molar-refractivity contribution in [2.75, 3.05) is 11.9 Å². The van der Waals surface area contributed by atoms with Gasteiger partial charge in [-0.3, -0.25) is 5.32 Å². The number of anilines is 1. The summed E-state index contributed by atoms with van der Waals surface area (Å²) in [6, 6.07) is 9.40. The van der Waals surface area contributed by atoms with E-state index in [2.05, 4.69) is 38.2 Å². The van der Waals surface area contributed by atoms with E-state index in [-0.39, 0.29) is 6.09 Å². The zero-order valence-electron chi connectivity index (χ0n) is 15.0. The fourth-order valence-electron chi connectivity index (χ4n) is 3.05. The van der Waals surface area contributed by atoms with Gasteiger partial charge in [0.25, 0.3) is 0 Å². The van der Waals surface area contributed by atoms with Gasteiger partial charge in [-0.25, -0.2) is 4.79 Å². The van der Waals surface area contributed by atoms with Crippen LogP contribution < -0.4 is 5.32 Å². The molecule has 3 heteroatoms. The van der Waals surface area contributed by atoms with Crippen LogP contribution in [-0.2, 0) is 4.74 Å². The van der Waals surface area contributed by atoms with E-state index in [1.165, 1.54) is 5.57 Å². The van der Waals surface area contributed by atoms with E-state index in [1.54, 1.807) is 5.57 Å². The van der Waals surface area contributed by atoms with Gasteiger partial charge in [0.1, 0.15) is 0 Å². The minimum absolute atomic E-state index is 0.369. The zero-order valence-corrected chi connectivity index (χ0v) is 15.0. The molecule has 0 radical (unpaired) electrons. The second kappa shape index (κ2) is 9.31. The van der Waals surface area contributed by atoms with Crippen molar-refractivity contribution in [3.8, 4) is 0 Å². The molecule has 1 aromatic rings. The second-order valence-corrected chi connectivity index (χ2v) is 6.95. The summed E-state index contributed by atoms with van der Waals surface area (Å²) >= 11 is 0. The Bertz CT molecular complexity index is 585. The SMILES string of the molecule is CC(C)=CCCC1=CC[C@H](COC(=O)Nc2ccccc2)[C@@H](C)C1. The predicted molar refractivity (Wildman–Crippen MR) is 100 cm³/mol. The van der Waals surface area contributed by atoms with Crippen LogP contribution in [-0.4, -0.2) is 12.7 Å². The molecule has 130 valence electrons. The highest BCUT2D eigenvalue weighted by molar-refractivity contribution is 5.84. The highest BCUT2D eigenvalue weighted by atomic mass is 16.5. The van der Waals surface area contributed by atoms with Gasteiger partial charge in [-0.05, 0) is 63.5 Å². The first-order chi connectivity index (χ1) is 11.5. The average Bonchev–Trinajstić information content (AvgIpc) is 2.54. The lowest BCUT2D eigenvalue weighted by Crippen LogP contribution is -2.25. The van der Waals surface area contributed by atoms with Crippen molar-refractivity contribution in [3.63, 3.8) is 0 Å². The lowest BCUT2D eigenvalue weighted by molar-refractivity contribution is 0.122. The topological polar surface area (TPSA) is 38.3 Å². The molecule has 0 spiro atoms. The Morgan fingerprint density at radius 2 is 2.04 bits per heavy atom. The Hall–Kier alpha value is -2.03. The van der Waals surface area contributed by atoms with Crippen molar-refractivity contribution in [2.45, 2.75) is 46.5 Å². The van der Waals surface area contributed by atoms with Crippen LogP contribution in [0.25, 0.3) is 0 Å². The standard InChI is InChI=1S/C21H29NO2/c1-16(2)8-7-9-18-12-13-19(17(3)14-18)15-24-21(23)22-20-10-5-4-6-11-20/h4-6,8,10-12,17,19H,7,9,13-15H2,1-3H3,(H,22,23)/t17-,19+/m0/s1. The summed E-state index contributed by atoms with van der Waals surface area (Å²) in [7, 11) is 0. The normalized spacial score (nSPS) is 20.0. The van der Waals surface area contributed by atoms with Crippen molar-refractivity contribution >= 4 is 11.8 Å². The summed E-state index contributed by atoms with van der Waals surface area (Å²) in [5.74, 6) is 0.972. The van der Waals surface area contributed by atoms with Gasteiger partial charge in [-0.2, -0.15) is 0 Å². The number of rotatable bonds is 6. The van der Waals surface area contributed by atoms with Crippen molar-refractivity contribution in [1.29, 1.82) is 0 Å². The Morgan fingerprint density at radius 1 is 1.29 bits per heavy atom. The maximum absolute atomic E-state index is 11.9. The van der Waals surface area contributed by atoms with Gasteiger partial charge in [0.15, 0.2) is 0 Å². The van der Waals surface area contributed by atoms with Gasteiger partial charge >= 0.3 is 6.09 Å². The van der Waals surface area contributed by atoms with E-state index in [0.717, 1.165) is 31.4 Å². The molecule has 0 aliphatic heterocycles. The van der Waals surface area contributed by atoms with Crippen molar-refractivity contribution in [3.05, 3.63) is 53.6 Å². The van der Waals surface area contributed by atoms with Crippen molar-refractivity contribution in [1.82, 2.24) is 0 Å². The van der Waals surface area contributed by atoms with Gasteiger partial charge in [0, 0.05) is 5.69 Å². The van der Waals surface area contributed by atoms with E-state index in [9.17, 15) is 4.79 Å². The molecule has 0 saturated heterocycles. The third kappa shape index (κ3) is 6.23. The Labute approximate surface area is 145 Å². The minimum atomic E-state index is -0.369. The second-order valence-electron chi connectivity index (χ2n) is 6.95. The number of hydrogen-bond donors (Lipinski definition) is 1. The zero-order chi connectivity index (χ0) is 17.4. The number of carbonyl (C=O) groups excluding carboxylic acids is 1. The highest BCUT2D eigenvalue weighted by Gasteiger charge is 2.23. The summed E-state index contributed by atoms with van der Waals surface area (Å²) in [5, 5.41) is 2.76. The van der Waals surface area contributed by atoms with Gasteiger partial charge in [-0.15, -0.1) is 0 Å². The van der Waals surface area contributed by atoms with Crippen LogP contribution in [0.4, 0.5) is 10.5 Å². The number of ether oxygens (including phenoxy) is 1. The number of para-hydroxylation sites is 1. The fourth-order valence-corrected chi connectivity index (χ4v) is 3.05. The minimum Gasteiger partial charge on any atom is -0.449 e. The maximum atomic E-state index is 11.9. The Balaban J connectivity index is 1.74. The summed E-state index contributed by atoms with van der Waals surface area (Å²) in [6.45, 7) is 7.03. The molecule has 1 aromatic carbocycles. The molecule has 0 aromatic heterocycles. The number of benzene rings is 1. The summed E-state index contributed by atoms with van der Waals surface area (Å²) in [6.07, 6.45) is 8.68. The highest BCUT2D eigenvalue weighted by Crippen LogP contribution is 2.31. The third-order valence-corrected chi connectivity index (χ3v) is 4.56. The number of amides is 1. The van der Waals surface area contributed by atoms with E-state index in [1.807, 2.05) is 30.3 Å². The molecule has 1 N–H and O–H groups in total. The van der Waals surface area contributed by atoms with Crippen molar-refractivity contribution in [2.24, 2.45) is 11.8 Å². The van der Waals surface area contributed by atoms with Crippen LogP contribution in [0, 0.1) is 11.8 Å². The van der Waals surface area contributed by atoms with E-state index >= 15 is 0 Å². The summed E-state index contributed by atoms with van der Waals surface area (Å²) in [5.41, 5.74) is 3.70. The van der Waals surface area contributed by atoms with Crippen LogP contribution in [0.1, 0.15) is 46.5 Å². The van der Waals surface area contributed by atoms with Crippen LogP contribution in [0.3, 0.4) is 0 Å². The first kappa shape index (κ1) is 18.3. The number of carbonyl (C=O) groups is 1. The van der Waals surface area contributed by atoms with E-state index < -0.39 is 0 Å². The van der Waals surface area contributed by atoms with Crippen LogP contribution in [0.5, 0.6) is 0 Å². The molecule has 0 heterocycles. The lowest BCUT2D eigenvalue weighted by Gasteiger charge is -2.28. The molecule has 0 fully saturated rings.